The molecular weight excluding hydrogens is 350 g/mol. The maximum atomic E-state index is 13.3. The number of carbonyl (C=O) groups is 2. The third-order valence-electron chi connectivity index (χ3n) is 5.63. The monoisotopic (exact) mass is 367 g/mol. The summed E-state index contributed by atoms with van der Waals surface area (Å²) in [5.74, 6) is -0.612. The molecule has 3 saturated heterocycles. The number of halogens is 1. The summed E-state index contributed by atoms with van der Waals surface area (Å²) in [6.45, 7) is 1.68. The molecule has 0 spiro atoms. The molecule has 3 aliphatic rings. The van der Waals surface area contributed by atoms with E-state index in [1.807, 2.05) is 54.6 Å². The van der Waals surface area contributed by atoms with E-state index in [1.165, 1.54) is 4.90 Å². The van der Waals surface area contributed by atoms with Crippen molar-refractivity contribution in [1.82, 2.24) is 10.0 Å². The predicted molar refractivity (Wildman–Crippen MR) is 98.4 cm³/mol. The van der Waals surface area contributed by atoms with E-state index in [1.54, 1.807) is 0 Å². The summed E-state index contributed by atoms with van der Waals surface area (Å²) in [7, 11) is 0. The van der Waals surface area contributed by atoms with Crippen LogP contribution in [0.15, 0.2) is 54.6 Å². The molecule has 3 fully saturated rings. The number of rotatable bonds is 2. The van der Waals surface area contributed by atoms with Crippen molar-refractivity contribution in [2.75, 3.05) is 18.0 Å². The second-order valence-electron chi connectivity index (χ2n) is 6.99. The fourth-order valence-corrected chi connectivity index (χ4v) is 4.73. The molecule has 0 saturated carbocycles. The number of benzene rings is 2. The van der Waals surface area contributed by atoms with Crippen molar-refractivity contribution in [1.29, 1.82) is 0 Å². The minimum Gasteiger partial charge on any atom is -0.274 e. The maximum Gasteiger partial charge on any atom is 0.253 e. The Labute approximate surface area is 156 Å². The highest BCUT2D eigenvalue weighted by Crippen LogP contribution is 2.48. The van der Waals surface area contributed by atoms with Gasteiger partial charge in [-0.1, -0.05) is 41.9 Å². The highest BCUT2D eigenvalue weighted by Gasteiger charge is 2.62. The number of fused-ring (bicyclic) bond motifs is 3. The first-order valence-electron chi connectivity index (χ1n) is 8.88. The van der Waals surface area contributed by atoms with Crippen molar-refractivity contribution in [2.45, 2.75) is 18.5 Å². The van der Waals surface area contributed by atoms with Gasteiger partial charge < -0.3 is 0 Å². The minimum atomic E-state index is -0.411. The van der Waals surface area contributed by atoms with Gasteiger partial charge in [-0.15, -0.1) is 0 Å². The zero-order valence-corrected chi connectivity index (χ0v) is 14.8. The van der Waals surface area contributed by atoms with Crippen LogP contribution >= 0.6 is 11.6 Å². The molecule has 0 aliphatic carbocycles. The van der Waals surface area contributed by atoms with Crippen LogP contribution in [0.3, 0.4) is 0 Å². The van der Waals surface area contributed by atoms with E-state index in [0.717, 1.165) is 25.1 Å². The quantitative estimate of drug-likeness (QED) is 0.766. The van der Waals surface area contributed by atoms with Gasteiger partial charge in [0.05, 0.1) is 17.6 Å². The highest BCUT2D eigenvalue weighted by atomic mass is 35.5. The largest absolute Gasteiger partial charge is 0.274 e. The third kappa shape index (κ3) is 2.18. The van der Waals surface area contributed by atoms with Crippen molar-refractivity contribution < 1.29 is 9.59 Å². The van der Waals surface area contributed by atoms with Gasteiger partial charge in [-0.2, -0.15) is 0 Å². The van der Waals surface area contributed by atoms with Crippen molar-refractivity contribution in [2.24, 2.45) is 5.92 Å². The number of hydrogen-bond donors (Lipinski definition) is 0. The Morgan fingerprint density at radius 1 is 0.808 bits per heavy atom. The second kappa shape index (κ2) is 5.91. The van der Waals surface area contributed by atoms with E-state index in [-0.39, 0.29) is 23.8 Å². The Hall–Kier alpha value is -2.21. The Morgan fingerprint density at radius 3 is 2.15 bits per heavy atom. The molecule has 5 rings (SSSR count). The van der Waals surface area contributed by atoms with Crippen LogP contribution in [-0.4, -0.2) is 41.0 Å². The van der Waals surface area contributed by atoms with Crippen LogP contribution in [0.4, 0.5) is 5.69 Å². The van der Waals surface area contributed by atoms with Crippen LogP contribution in [0, 0.1) is 5.92 Å². The van der Waals surface area contributed by atoms with Crippen LogP contribution < -0.4 is 4.90 Å². The van der Waals surface area contributed by atoms with E-state index >= 15 is 0 Å². The molecule has 3 unspecified atom stereocenters. The Morgan fingerprint density at radius 2 is 1.46 bits per heavy atom. The van der Waals surface area contributed by atoms with Gasteiger partial charge in [-0.25, -0.2) is 14.9 Å². The lowest BCUT2D eigenvalue weighted by atomic mass is 9.90. The smallest absolute Gasteiger partial charge is 0.253 e. The Bertz CT molecular complexity index is 870. The van der Waals surface area contributed by atoms with Crippen LogP contribution in [0.25, 0.3) is 0 Å². The van der Waals surface area contributed by atoms with E-state index in [9.17, 15) is 9.59 Å². The van der Waals surface area contributed by atoms with Crippen LogP contribution in [0.2, 0.25) is 5.02 Å². The molecule has 132 valence electrons. The van der Waals surface area contributed by atoms with Crippen molar-refractivity contribution in [3.05, 3.63) is 65.2 Å². The average molecular weight is 368 g/mol. The summed E-state index contributed by atoms with van der Waals surface area (Å²) in [4.78, 5) is 27.9. The molecule has 3 atom stereocenters. The first-order valence-corrected chi connectivity index (χ1v) is 9.26. The average Bonchev–Trinajstić information content (AvgIpc) is 3.29. The molecule has 2 amide bonds. The lowest BCUT2D eigenvalue weighted by Crippen LogP contribution is -2.44. The van der Waals surface area contributed by atoms with Gasteiger partial charge in [-0.05, 0) is 36.2 Å². The van der Waals surface area contributed by atoms with Crippen LogP contribution in [0.5, 0.6) is 0 Å². The van der Waals surface area contributed by atoms with Crippen molar-refractivity contribution >= 4 is 29.1 Å². The van der Waals surface area contributed by atoms with Gasteiger partial charge in [0.25, 0.3) is 5.91 Å². The Kier molecular flexibility index (Phi) is 3.64. The molecule has 2 aromatic carbocycles. The Balaban J connectivity index is 1.59. The van der Waals surface area contributed by atoms with Gasteiger partial charge in [0.2, 0.25) is 5.91 Å². The number of hydrogen-bond acceptors (Lipinski definition) is 4. The minimum absolute atomic E-state index is 0.111. The van der Waals surface area contributed by atoms with Gasteiger partial charge >= 0.3 is 0 Å². The molecular formula is C20H18ClN3O2. The maximum absolute atomic E-state index is 13.3. The van der Waals surface area contributed by atoms with E-state index in [0.29, 0.717) is 10.7 Å². The fourth-order valence-electron chi connectivity index (χ4n) is 4.60. The lowest BCUT2D eigenvalue weighted by molar-refractivity contribution is -0.126. The second-order valence-corrected chi connectivity index (χ2v) is 7.43. The zero-order valence-electron chi connectivity index (χ0n) is 14.1. The van der Waals surface area contributed by atoms with E-state index in [4.69, 9.17) is 11.6 Å². The predicted octanol–water partition coefficient (Wildman–Crippen LogP) is 2.88. The van der Waals surface area contributed by atoms with Crippen molar-refractivity contribution in [3.8, 4) is 0 Å². The fraction of sp³-hybridized carbons (Fsp3) is 0.300. The number of carbonyl (C=O) groups excluding carboxylic acids is 2. The molecule has 0 radical (unpaired) electrons. The summed E-state index contributed by atoms with van der Waals surface area (Å²) in [6, 6.07) is 16.3. The van der Waals surface area contributed by atoms with E-state index < -0.39 is 6.04 Å². The summed E-state index contributed by atoms with van der Waals surface area (Å²) < 4.78 is 0. The van der Waals surface area contributed by atoms with E-state index in [2.05, 4.69) is 10.0 Å². The SMILES string of the molecule is O=C1C2C(C(=O)N1c1ccccc1)N1CCCN1C2c1ccc(Cl)cc1. The lowest BCUT2D eigenvalue weighted by Gasteiger charge is -2.29. The molecule has 3 heterocycles. The molecule has 5 nitrogen and oxygen atoms in total. The number of imide groups is 1. The van der Waals surface area contributed by atoms with Gasteiger partial charge in [-0.3, -0.25) is 9.59 Å². The topological polar surface area (TPSA) is 43.9 Å². The first kappa shape index (κ1) is 16.0. The first-order chi connectivity index (χ1) is 12.7. The molecule has 3 aliphatic heterocycles. The summed E-state index contributed by atoms with van der Waals surface area (Å²) >= 11 is 6.04. The highest BCUT2D eigenvalue weighted by molar-refractivity contribution is 6.30. The molecule has 0 aromatic heterocycles. The number of hydrazine groups is 1. The molecule has 6 heteroatoms. The molecule has 0 N–H and O–H groups in total. The molecule has 26 heavy (non-hydrogen) atoms. The van der Waals surface area contributed by atoms with Crippen molar-refractivity contribution in [3.63, 3.8) is 0 Å². The van der Waals surface area contributed by atoms with Gasteiger partial charge in [0.15, 0.2) is 0 Å². The number of anilines is 1. The zero-order chi connectivity index (χ0) is 17.8. The molecule has 2 aromatic rings. The summed E-state index contributed by atoms with van der Waals surface area (Å²) in [6.07, 6.45) is 1.00. The van der Waals surface area contributed by atoms with Gasteiger partial charge in [0.1, 0.15) is 6.04 Å². The van der Waals surface area contributed by atoms with Gasteiger partial charge in [0, 0.05) is 18.1 Å². The third-order valence-corrected chi connectivity index (χ3v) is 5.88. The molecule has 0 bridgehead atoms. The number of nitrogens with zero attached hydrogens (tertiary/aromatic N) is 3. The normalized spacial score (nSPS) is 28.7. The van der Waals surface area contributed by atoms with Crippen LogP contribution in [-0.2, 0) is 9.59 Å². The summed E-state index contributed by atoms with van der Waals surface area (Å²) in [5.41, 5.74) is 1.68. The standard InChI is InChI=1S/C20H18ClN3O2/c21-14-9-7-13(8-10-14)17-16-18(23-12-4-11-22(17)23)20(26)24(19(16)25)15-5-2-1-3-6-15/h1-3,5-10,16-18H,4,11-12H2. The number of amides is 2. The van der Waals surface area contributed by atoms with Crippen LogP contribution in [0.1, 0.15) is 18.0 Å². The summed E-state index contributed by atoms with van der Waals surface area (Å²) in [5, 5.41) is 4.98. The number of para-hydroxylation sites is 1.